The fourth-order valence-electron chi connectivity index (χ4n) is 1.06. The smallest absolute Gasteiger partial charge is 0.131 e. The van der Waals surface area contributed by atoms with Gasteiger partial charge in [0.1, 0.15) is 0 Å². The van der Waals surface area contributed by atoms with Crippen LogP contribution in [0.2, 0.25) is 5.02 Å². The molecule has 76 valence electrons. The molecule has 0 fully saturated rings. The van der Waals surface area contributed by atoms with Crippen molar-refractivity contribution in [2.45, 2.75) is 6.92 Å². The summed E-state index contributed by atoms with van der Waals surface area (Å²) in [4.78, 5) is 0. The van der Waals surface area contributed by atoms with Crippen LogP contribution < -0.4 is 0 Å². The van der Waals surface area contributed by atoms with Crippen LogP contribution in [0, 0.1) is 10.5 Å². The Labute approximate surface area is 105 Å². The van der Waals surface area contributed by atoms with Crippen LogP contribution in [-0.4, -0.2) is 20.4 Å². The highest BCUT2D eigenvalue weighted by Gasteiger charge is 2.07. The quantitative estimate of drug-likeness (QED) is 0.753. The van der Waals surface area contributed by atoms with Gasteiger partial charge in [-0.05, 0) is 47.7 Å². The SMILES string of the molecule is Cc1nnc(-c2ccc(I)cc2Cl)nn1. The van der Waals surface area contributed by atoms with Crippen molar-refractivity contribution in [1.29, 1.82) is 0 Å². The molecule has 1 aromatic heterocycles. The van der Waals surface area contributed by atoms with Gasteiger partial charge >= 0.3 is 0 Å². The lowest BCUT2D eigenvalue weighted by Gasteiger charge is -2.01. The molecule has 2 rings (SSSR count). The van der Waals surface area contributed by atoms with Crippen LogP contribution in [0.4, 0.5) is 0 Å². The summed E-state index contributed by atoms with van der Waals surface area (Å²) in [5, 5.41) is 16.1. The standard InChI is InChI=1S/C9H6ClIN4/c1-5-12-14-9(15-13-5)7-3-2-6(11)4-8(7)10/h2-4H,1H3. The topological polar surface area (TPSA) is 51.6 Å². The van der Waals surface area contributed by atoms with Gasteiger partial charge in [0.25, 0.3) is 0 Å². The molecule has 0 aliphatic heterocycles. The van der Waals surface area contributed by atoms with E-state index in [1.54, 1.807) is 6.92 Å². The molecule has 0 aliphatic rings. The zero-order valence-corrected chi connectivity index (χ0v) is 10.7. The van der Waals surface area contributed by atoms with Gasteiger partial charge in [0.05, 0.1) is 5.02 Å². The lowest BCUT2D eigenvalue weighted by Crippen LogP contribution is -1.98. The van der Waals surface area contributed by atoms with E-state index in [9.17, 15) is 0 Å². The largest absolute Gasteiger partial charge is 0.205 e. The van der Waals surface area contributed by atoms with Crippen molar-refractivity contribution in [3.05, 3.63) is 32.6 Å². The second-order valence-electron chi connectivity index (χ2n) is 2.89. The molecule has 0 saturated heterocycles. The summed E-state index contributed by atoms with van der Waals surface area (Å²) in [5.74, 6) is 0.988. The maximum absolute atomic E-state index is 6.06. The maximum atomic E-state index is 6.06. The van der Waals surface area contributed by atoms with E-state index in [1.807, 2.05) is 18.2 Å². The minimum absolute atomic E-state index is 0.446. The molecule has 1 heterocycles. The Bertz CT molecular complexity index is 486. The lowest BCUT2D eigenvalue weighted by molar-refractivity contribution is 0.816. The molecule has 0 saturated carbocycles. The molecule has 0 spiro atoms. The molecule has 0 bridgehead atoms. The van der Waals surface area contributed by atoms with Crippen molar-refractivity contribution in [2.24, 2.45) is 0 Å². The van der Waals surface area contributed by atoms with Crippen LogP contribution >= 0.6 is 34.2 Å². The van der Waals surface area contributed by atoms with E-state index in [4.69, 9.17) is 11.6 Å². The summed E-state index contributed by atoms with van der Waals surface area (Å²) in [6.45, 7) is 1.74. The number of hydrogen-bond acceptors (Lipinski definition) is 4. The van der Waals surface area contributed by atoms with E-state index in [1.165, 1.54) is 0 Å². The van der Waals surface area contributed by atoms with Crippen LogP contribution in [0.5, 0.6) is 0 Å². The Morgan fingerprint density at radius 2 is 1.80 bits per heavy atom. The first-order valence-corrected chi connectivity index (χ1v) is 5.62. The highest BCUT2D eigenvalue weighted by atomic mass is 127. The van der Waals surface area contributed by atoms with E-state index in [2.05, 4.69) is 43.0 Å². The first-order chi connectivity index (χ1) is 7.16. The summed E-state index contributed by atoms with van der Waals surface area (Å²) in [5.41, 5.74) is 0.747. The lowest BCUT2D eigenvalue weighted by atomic mass is 10.2. The number of halogens is 2. The highest BCUT2D eigenvalue weighted by molar-refractivity contribution is 14.1. The van der Waals surface area contributed by atoms with Gasteiger partial charge in [-0.25, -0.2) is 0 Å². The predicted molar refractivity (Wildman–Crippen MR) is 65.5 cm³/mol. The third kappa shape index (κ3) is 2.40. The second kappa shape index (κ2) is 4.36. The predicted octanol–water partition coefficient (Wildman–Crippen LogP) is 2.50. The fraction of sp³-hybridized carbons (Fsp3) is 0.111. The molecule has 0 N–H and O–H groups in total. The van der Waals surface area contributed by atoms with E-state index < -0.39 is 0 Å². The van der Waals surface area contributed by atoms with Crippen molar-refractivity contribution in [3.63, 3.8) is 0 Å². The molecule has 1 aromatic carbocycles. The minimum atomic E-state index is 0.446. The van der Waals surface area contributed by atoms with Crippen molar-refractivity contribution in [2.75, 3.05) is 0 Å². The number of hydrogen-bond donors (Lipinski definition) is 0. The van der Waals surface area contributed by atoms with E-state index in [0.717, 1.165) is 9.13 Å². The van der Waals surface area contributed by atoms with Crippen LogP contribution in [0.3, 0.4) is 0 Å². The zero-order chi connectivity index (χ0) is 10.8. The van der Waals surface area contributed by atoms with Crippen LogP contribution in [0.15, 0.2) is 18.2 Å². The third-order valence-corrected chi connectivity index (χ3v) is 2.73. The summed E-state index contributed by atoms with van der Waals surface area (Å²) < 4.78 is 1.06. The van der Waals surface area contributed by atoms with Crippen LogP contribution in [-0.2, 0) is 0 Å². The van der Waals surface area contributed by atoms with E-state index in [-0.39, 0.29) is 0 Å². The molecule has 0 radical (unpaired) electrons. The first kappa shape index (κ1) is 10.7. The number of rotatable bonds is 1. The van der Waals surface area contributed by atoms with Crippen LogP contribution in [0.25, 0.3) is 11.4 Å². The minimum Gasteiger partial charge on any atom is -0.131 e. The first-order valence-electron chi connectivity index (χ1n) is 4.16. The third-order valence-electron chi connectivity index (χ3n) is 1.75. The Morgan fingerprint density at radius 1 is 1.13 bits per heavy atom. The van der Waals surface area contributed by atoms with Crippen LogP contribution in [0.1, 0.15) is 5.82 Å². The number of benzene rings is 1. The van der Waals surface area contributed by atoms with Gasteiger partial charge in [-0.3, -0.25) is 0 Å². The van der Waals surface area contributed by atoms with Gasteiger partial charge in [0, 0.05) is 9.13 Å². The summed E-state index contributed by atoms with van der Waals surface area (Å²) >= 11 is 8.25. The molecular formula is C9H6ClIN4. The molecule has 0 atom stereocenters. The zero-order valence-electron chi connectivity index (χ0n) is 7.78. The average molecular weight is 333 g/mol. The second-order valence-corrected chi connectivity index (χ2v) is 4.55. The molecule has 2 aromatic rings. The number of nitrogens with zero attached hydrogens (tertiary/aromatic N) is 4. The molecule has 0 unspecified atom stereocenters. The Hall–Kier alpha value is -0.820. The molecule has 6 heteroatoms. The fourth-order valence-corrected chi connectivity index (χ4v) is 2.00. The molecular weight excluding hydrogens is 326 g/mol. The van der Waals surface area contributed by atoms with Crippen molar-refractivity contribution < 1.29 is 0 Å². The summed E-state index contributed by atoms with van der Waals surface area (Å²) in [6, 6.07) is 5.64. The van der Waals surface area contributed by atoms with Gasteiger partial charge < -0.3 is 0 Å². The van der Waals surface area contributed by atoms with Gasteiger partial charge in [-0.1, -0.05) is 11.6 Å². The highest BCUT2D eigenvalue weighted by Crippen LogP contribution is 2.25. The van der Waals surface area contributed by atoms with E-state index >= 15 is 0 Å². The maximum Gasteiger partial charge on any atom is 0.205 e. The van der Waals surface area contributed by atoms with Gasteiger partial charge in [-0.2, -0.15) is 0 Å². The Kier molecular flexibility index (Phi) is 3.11. The van der Waals surface area contributed by atoms with Gasteiger partial charge in [0.2, 0.25) is 5.82 Å². The van der Waals surface area contributed by atoms with Crippen molar-refractivity contribution >= 4 is 34.2 Å². The summed E-state index contributed by atoms with van der Waals surface area (Å²) in [6.07, 6.45) is 0. The number of aryl methyl sites for hydroxylation is 1. The molecule has 4 nitrogen and oxygen atoms in total. The van der Waals surface area contributed by atoms with Crippen molar-refractivity contribution in [1.82, 2.24) is 20.4 Å². The Morgan fingerprint density at radius 3 is 2.40 bits per heavy atom. The molecule has 0 amide bonds. The number of aromatic nitrogens is 4. The summed E-state index contributed by atoms with van der Waals surface area (Å²) in [7, 11) is 0. The van der Waals surface area contributed by atoms with Crippen molar-refractivity contribution in [3.8, 4) is 11.4 Å². The monoisotopic (exact) mass is 332 g/mol. The van der Waals surface area contributed by atoms with E-state index in [0.29, 0.717) is 16.7 Å². The average Bonchev–Trinajstić information content (AvgIpc) is 2.20. The molecule has 15 heavy (non-hydrogen) atoms. The normalized spacial score (nSPS) is 10.3. The van der Waals surface area contributed by atoms with Gasteiger partial charge in [0.15, 0.2) is 5.82 Å². The molecule has 0 aliphatic carbocycles. The Balaban J connectivity index is 2.49. The van der Waals surface area contributed by atoms with Gasteiger partial charge in [-0.15, -0.1) is 20.4 Å².